The zero-order valence-electron chi connectivity index (χ0n) is 14.9. The molecule has 0 aromatic heterocycles. The molecule has 3 aliphatic rings. The second kappa shape index (κ2) is 9.10. The zero-order chi connectivity index (χ0) is 17.8. The lowest BCUT2D eigenvalue weighted by molar-refractivity contribution is -0.149. The third-order valence-corrected chi connectivity index (χ3v) is 6.72. The van der Waals surface area contributed by atoms with Crippen molar-refractivity contribution < 1.29 is 23.7 Å². The number of halogens is 1. The third-order valence-electron chi connectivity index (χ3n) is 5.59. The number of carbonyl (C=O) groups excluding carboxylic acids is 1. The van der Waals surface area contributed by atoms with Gasteiger partial charge in [0.1, 0.15) is 6.04 Å². The maximum atomic E-state index is 12.4. The summed E-state index contributed by atoms with van der Waals surface area (Å²) in [5.41, 5.74) is 6.24. The maximum absolute atomic E-state index is 12.4. The largest absolute Gasteiger partial charge is 0.464 e. The minimum atomic E-state index is -0.309. The lowest BCUT2D eigenvalue weighted by Crippen LogP contribution is -2.44. The van der Waals surface area contributed by atoms with Crippen LogP contribution < -0.4 is 10.9 Å². The highest BCUT2D eigenvalue weighted by atomic mass is 79.9. The van der Waals surface area contributed by atoms with Gasteiger partial charge in [-0.15, -0.1) is 0 Å². The summed E-state index contributed by atoms with van der Waals surface area (Å²) in [5, 5.41) is 0. The highest BCUT2D eigenvalue weighted by Crippen LogP contribution is 2.33. The van der Waals surface area contributed by atoms with Crippen molar-refractivity contribution in [3.8, 4) is 0 Å². The van der Waals surface area contributed by atoms with Gasteiger partial charge in [0.15, 0.2) is 0 Å². The first kappa shape index (κ1) is 19.5. The van der Waals surface area contributed by atoms with Gasteiger partial charge < -0.3 is 18.9 Å². The van der Waals surface area contributed by atoms with Crippen molar-refractivity contribution in [2.45, 2.75) is 67.3 Å². The van der Waals surface area contributed by atoms with Gasteiger partial charge in [-0.3, -0.25) is 10.2 Å². The van der Waals surface area contributed by atoms with E-state index in [9.17, 15) is 4.79 Å². The molecular formula is C17H29BrN2O5. The molecular weight excluding hydrogens is 392 g/mol. The average molecular weight is 421 g/mol. The number of hydrazine groups is 1. The third kappa shape index (κ3) is 4.73. The normalized spacial score (nSPS) is 41.8. The predicted octanol–water partition coefficient (Wildman–Crippen LogP) is 1.15. The lowest BCUT2D eigenvalue weighted by atomic mass is 9.85. The molecule has 0 amide bonds. The van der Waals surface area contributed by atoms with E-state index >= 15 is 0 Å². The molecule has 1 saturated carbocycles. The number of alkyl halides is 1. The second-order valence-corrected chi connectivity index (χ2v) is 8.34. The van der Waals surface area contributed by atoms with Gasteiger partial charge in [-0.05, 0) is 32.1 Å². The molecule has 1 aliphatic carbocycles. The lowest BCUT2D eigenvalue weighted by Gasteiger charge is -2.37. The van der Waals surface area contributed by atoms with E-state index in [0.29, 0.717) is 13.0 Å². The smallest absolute Gasteiger partial charge is 0.324 e. The monoisotopic (exact) mass is 420 g/mol. The fourth-order valence-corrected chi connectivity index (χ4v) is 4.76. The molecule has 2 aliphatic heterocycles. The van der Waals surface area contributed by atoms with Crippen molar-refractivity contribution >= 4 is 21.9 Å². The first-order valence-electron chi connectivity index (χ1n) is 9.11. The Morgan fingerprint density at radius 3 is 2.60 bits per heavy atom. The Morgan fingerprint density at radius 2 is 1.92 bits per heavy atom. The molecule has 2 N–H and O–H groups in total. The van der Waals surface area contributed by atoms with Gasteiger partial charge in [0.25, 0.3) is 0 Å². The average Bonchev–Trinajstić information content (AvgIpc) is 3.31. The summed E-state index contributed by atoms with van der Waals surface area (Å²) in [5.74, 6) is 0.0270. The Kier molecular flexibility index (Phi) is 7.10. The highest BCUT2D eigenvalue weighted by molar-refractivity contribution is 9.09. The van der Waals surface area contributed by atoms with Crippen LogP contribution in [0.2, 0.25) is 0 Å². The number of esters is 1. The molecule has 8 heteroatoms. The zero-order valence-corrected chi connectivity index (χ0v) is 16.5. The van der Waals surface area contributed by atoms with Crippen LogP contribution in [0.1, 0.15) is 32.1 Å². The summed E-state index contributed by atoms with van der Waals surface area (Å²) < 4.78 is 22.3. The number of rotatable bonds is 6. The molecule has 0 aromatic carbocycles. The number of hydrogen-bond donors (Lipinski definition) is 2. The fraction of sp³-hybridized carbons (Fsp3) is 0.941. The van der Waals surface area contributed by atoms with E-state index in [-0.39, 0.29) is 47.1 Å². The van der Waals surface area contributed by atoms with Crippen LogP contribution in [0.5, 0.6) is 0 Å². The van der Waals surface area contributed by atoms with E-state index in [4.69, 9.17) is 18.9 Å². The van der Waals surface area contributed by atoms with Crippen molar-refractivity contribution in [1.82, 2.24) is 10.9 Å². The summed E-state index contributed by atoms with van der Waals surface area (Å²) in [6.07, 6.45) is 4.83. The summed E-state index contributed by atoms with van der Waals surface area (Å²) >= 11 is 3.71. The molecule has 0 radical (unpaired) electrons. The van der Waals surface area contributed by atoms with Gasteiger partial charge >= 0.3 is 5.97 Å². The fourth-order valence-electron chi connectivity index (χ4n) is 4.02. The van der Waals surface area contributed by atoms with E-state index in [1.807, 2.05) is 0 Å². The molecule has 0 spiro atoms. The molecule has 0 aromatic rings. The Balaban J connectivity index is 1.44. The van der Waals surface area contributed by atoms with Crippen LogP contribution >= 0.6 is 15.9 Å². The van der Waals surface area contributed by atoms with Gasteiger partial charge in [-0.1, -0.05) is 15.9 Å². The SMILES string of the molecule is COC1CC(Br)C(COC(=O)C2CC(C3CCCO3)NN2)CC1OC. The Hall–Kier alpha value is -0.250. The van der Waals surface area contributed by atoms with Gasteiger partial charge in [0, 0.05) is 37.6 Å². The van der Waals surface area contributed by atoms with Crippen LogP contribution in [0.3, 0.4) is 0 Å². The van der Waals surface area contributed by atoms with Crippen LogP contribution in [0.15, 0.2) is 0 Å². The molecule has 3 fully saturated rings. The van der Waals surface area contributed by atoms with Crippen LogP contribution in [-0.2, 0) is 23.7 Å². The van der Waals surface area contributed by atoms with Gasteiger partial charge in [-0.2, -0.15) is 0 Å². The second-order valence-electron chi connectivity index (χ2n) is 7.16. The van der Waals surface area contributed by atoms with Crippen molar-refractivity contribution in [1.29, 1.82) is 0 Å². The van der Waals surface area contributed by atoms with Gasteiger partial charge in [0.05, 0.1) is 24.9 Å². The Bertz CT molecular complexity index is 449. The first-order valence-corrected chi connectivity index (χ1v) is 10.0. The number of carbonyl (C=O) groups is 1. The van der Waals surface area contributed by atoms with Crippen LogP contribution in [0.4, 0.5) is 0 Å². The molecule has 7 atom stereocenters. The van der Waals surface area contributed by atoms with E-state index in [1.54, 1.807) is 14.2 Å². The van der Waals surface area contributed by atoms with E-state index < -0.39 is 0 Å². The number of methoxy groups -OCH3 is 2. The quantitative estimate of drug-likeness (QED) is 0.492. The summed E-state index contributed by atoms with van der Waals surface area (Å²) in [6.45, 7) is 1.21. The summed E-state index contributed by atoms with van der Waals surface area (Å²) in [7, 11) is 3.41. The molecule has 7 unspecified atom stereocenters. The molecule has 25 heavy (non-hydrogen) atoms. The van der Waals surface area contributed by atoms with Crippen molar-refractivity contribution in [2.75, 3.05) is 27.4 Å². The van der Waals surface area contributed by atoms with E-state index in [1.165, 1.54) is 0 Å². The van der Waals surface area contributed by atoms with Gasteiger partial charge in [-0.25, -0.2) is 5.43 Å². The highest BCUT2D eigenvalue weighted by Gasteiger charge is 2.39. The molecule has 7 nitrogen and oxygen atoms in total. The molecule has 144 valence electrons. The predicted molar refractivity (Wildman–Crippen MR) is 95.4 cm³/mol. The van der Waals surface area contributed by atoms with E-state index in [0.717, 1.165) is 32.3 Å². The van der Waals surface area contributed by atoms with Crippen LogP contribution in [-0.4, -0.2) is 68.6 Å². The van der Waals surface area contributed by atoms with Crippen molar-refractivity contribution in [3.05, 3.63) is 0 Å². The summed E-state index contributed by atoms with van der Waals surface area (Å²) in [6, 6.07) is -0.129. The maximum Gasteiger partial charge on any atom is 0.324 e. The Labute approximate surface area is 157 Å². The van der Waals surface area contributed by atoms with Crippen LogP contribution in [0.25, 0.3) is 0 Å². The molecule has 2 heterocycles. The molecule has 3 rings (SSSR count). The first-order chi connectivity index (χ1) is 12.1. The van der Waals surface area contributed by atoms with Crippen molar-refractivity contribution in [3.63, 3.8) is 0 Å². The number of ether oxygens (including phenoxy) is 4. The van der Waals surface area contributed by atoms with Gasteiger partial charge in [0.2, 0.25) is 0 Å². The minimum Gasteiger partial charge on any atom is -0.464 e. The molecule has 2 saturated heterocycles. The number of nitrogens with one attached hydrogen (secondary N) is 2. The van der Waals surface area contributed by atoms with Crippen molar-refractivity contribution in [2.24, 2.45) is 5.92 Å². The summed E-state index contributed by atoms with van der Waals surface area (Å²) in [4.78, 5) is 12.6. The Morgan fingerprint density at radius 1 is 1.16 bits per heavy atom. The van der Waals surface area contributed by atoms with Crippen LogP contribution in [0, 0.1) is 5.92 Å². The minimum absolute atomic E-state index is 0.0395. The number of hydrogen-bond acceptors (Lipinski definition) is 7. The van der Waals surface area contributed by atoms with E-state index in [2.05, 4.69) is 26.8 Å². The topological polar surface area (TPSA) is 78.1 Å². The molecule has 0 bridgehead atoms. The standard InChI is InChI=1S/C17H29BrN2O5/c1-22-15-6-10(11(18)7-16(15)23-2)9-25-17(21)13-8-12(19-20-13)14-4-3-5-24-14/h10-16,19-20H,3-9H2,1-2H3.